The van der Waals surface area contributed by atoms with Gasteiger partial charge in [-0.3, -0.25) is 14.5 Å². The number of nitrogens with one attached hydrogen (secondary N) is 1. The Morgan fingerprint density at radius 3 is 2.58 bits per heavy atom. The highest BCUT2D eigenvalue weighted by atomic mass is 19.1. The minimum absolute atomic E-state index is 0.0673. The number of para-hydroxylation sites is 1. The lowest BCUT2D eigenvalue weighted by molar-refractivity contribution is -0.137. The summed E-state index contributed by atoms with van der Waals surface area (Å²) in [5.41, 5.74) is 2.45. The highest BCUT2D eigenvalue weighted by Crippen LogP contribution is 2.33. The summed E-state index contributed by atoms with van der Waals surface area (Å²) < 4.78 is 20.0. The first-order valence-electron chi connectivity index (χ1n) is 11.3. The Morgan fingerprint density at radius 2 is 1.82 bits per heavy atom. The average molecular weight is 457 g/mol. The molecule has 1 fully saturated rings. The molecule has 7 nitrogen and oxygen atoms in total. The van der Waals surface area contributed by atoms with Gasteiger partial charge in [0.15, 0.2) is 11.6 Å². The van der Waals surface area contributed by atoms with Crippen molar-refractivity contribution in [3.05, 3.63) is 65.5 Å². The van der Waals surface area contributed by atoms with E-state index >= 15 is 0 Å². The number of nitrogens with zero attached hydrogens (tertiary/aromatic N) is 1. The molecule has 1 saturated carbocycles. The first-order chi connectivity index (χ1) is 15.9. The molecule has 2 aromatic rings. The normalized spacial score (nSPS) is 24.8. The van der Waals surface area contributed by atoms with Gasteiger partial charge in [-0.05, 0) is 36.1 Å². The number of aliphatic hydroxyl groups is 1. The molecule has 8 heteroatoms. The molecule has 0 unspecified atom stereocenters. The van der Waals surface area contributed by atoms with Crippen LogP contribution in [0, 0.1) is 5.82 Å². The van der Waals surface area contributed by atoms with Crippen LogP contribution in [0.4, 0.5) is 4.39 Å². The van der Waals surface area contributed by atoms with Crippen LogP contribution < -0.4 is 10.1 Å². The second-order valence-corrected chi connectivity index (χ2v) is 8.71. The summed E-state index contributed by atoms with van der Waals surface area (Å²) in [5.74, 6) is -1.64. The smallest absolute Gasteiger partial charge is 0.303 e. The van der Waals surface area contributed by atoms with E-state index in [1.54, 1.807) is 12.1 Å². The number of ether oxygens (including phenoxy) is 1. The number of amides is 1. The molecule has 0 spiro atoms. The molecule has 33 heavy (non-hydrogen) atoms. The van der Waals surface area contributed by atoms with E-state index in [1.165, 1.54) is 23.3 Å². The van der Waals surface area contributed by atoms with Crippen LogP contribution in [0.25, 0.3) is 0 Å². The number of hydrogen-bond donors (Lipinski definition) is 3. The molecule has 0 bridgehead atoms. The number of carboxylic acid groups (broad SMARTS) is 1. The van der Waals surface area contributed by atoms with Crippen molar-refractivity contribution in [2.75, 3.05) is 6.54 Å². The molecule has 0 aromatic heterocycles. The molecule has 1 aliphatic carbocycles. The van der Waals surface area contributed by atoms with Crippen LogP contribution >= 0.6 is 0 Å². The molecule has 0 radical (unpaired) electrons. The number of hydrogen-bond acceptors (Lipinski definition) is 5. The van der Waals surface area contributed by atoms with Gasteiger partial charge in [0.25, 0.3) is 0 Å². The zero-order valence-electron chi connectivity index (χ0n) is 18.3. The Hall–Kier alpha value is -2.97. The molecule has 1 amide bonds. The third kappa shape index (κ3) is 5.51. The van der Waals surface area contributed by atoms with Crippen LogP contribution in [0.15, 0.2) is 48.5 Å². The highest BCUT2D eigenvalue weighted by Gasteiger charge is 2.48. The fraction of sp³-hybridized carbons (Fsp3) is 0.440. The summed E-state index contributed by atoms with van der Waals surface area (Å²) in [5, 5.41) is 23.0. The predicted octanol–water partition coefficient (Wildman–Crippen LogP) is 2.50. The van der Waals surface area contributed by atoms with Gasteiger partial charge in [-0.25, -0.2) is 4.39 Å². The van der Waals surface area contributed by atoms with Gasteiger partial charge in [-0.2, -0.15) is 0 Å². The van der Waals surface area contributed by atoms with Crippen LogP contribution in [0.5, 0.6) is 5.75 Å². The maximum Gasteiger partial charge on any atom is 0.303 e. The first-order valence-corrected chi connectivity index (χ1v) is 11.3. The molecule has 2 aromatic carbocycles. The molecule has 0 saturated heterocycles. The van der Waals surface area contributed by atoms with Crippen LogP contribution in [0.1, 0.15) is 36.8 Å². The minimum atomic E-state index is -0.942. The molecular weight excluding hydrogens is 427 g/mol. The molecule has 2 aliphatic rings. The standard InChI is InChI=1S/C25H29FN2O5/c26-18-8-3-4-9-20(18)33-21-14-19(27-22(29)10-5-11-23(30)31)24(25(21)32)28-13-12-16-6-1-2-7-17(16)15-28/h1-4,6-9,19,21,24-25,32H,5,10-15H2,(H,27,29)(H,30,31)/t19-,21-,24+,25+/m1/s1. The van der Waals surface area contributed by atoms with E-state index in [-0.39, 0.29) is 30.9 Å². The van der Waals surface area contributed by atoms with Gasteiger partial charge >= 0.3 is 5.97 Å². The molecular formula is C25H29FN2O5. The first kappa shape index (κ1) is 23.2. The van der Waals surface area contributed by atoms with Crippen molar-refractivity contribution in [2.24, 2.45) is 0 Å². The maximum atomic E-state index is 14.2. The number of carbonyl (C=O) groups excluding carboxylic acids is 1. The predicted molar refractivity (Wildman–Crippen MR) is 119 cm³/mol. The fourth-order valence-corrected chi connectivity index (χ4v) is 4.87. The van der Waals surface area contributed by atoms with E-state index in [9.17, 15) is 19.1 Å². The van der Waals surface area contributed by atoms with Gasteiger partial charge < -0.3 is 20.3 Å². The Bertz CT molecular complexity index is 1000. The van der Waals surface area contributed by atoms with E-state index in [1.807, 2.05) is 12.1 Å². The zero-order valence-corrected chi connectivity index (χ0v) is 18.3. The second-order valence-electron chi connectivity index (χ2n) is 8.71. The molecule has 176 valence electrons. The number of aliphatic hydroxyl groups excluding tert-OH is 1. The van der Waals surface area contributed by atoms with Crippen molar-refractivity contribution in [1.29, 1.82) is 0 Å². The number of benzene rings is 2. The summed E-state index contributed by atoms with van der Waals surface area (Å²) in [6.45, 7) is 1.35. The van der Waals surface area contributed by atoms with E-state index in [0.29, 0.717) is 13.0 Å². The third-order valence-corrected chi connectivity index (χ3v) is 6.47. The van der Waals surface area contributed by atoms with Gasteiger partial charge in [0.1, 0.15) is 12.2 Å². The lowest BCUT2D eigenvalue weighted by Gasteiger charge is -2.38. The van der Waals surface area contributed by atoms with Gasteiger partial charge in [0, 0.05) is 32.4 Å². The Labute approximate surface area is 192 Å². The SMILES string of the molecule is O=C(O)CCCC(=O)N[C@@H]1C[C@@H](Oc2ccccc2F)[C@H](O)[C@H]1N1CCc2ccccc2C1. The van der Waals surface area contributed by atoms with Gasteiger partial charge in [-0.15, -0.1) is 0 Å². The Balaban J connectivity index is 1.50. The molecule has 1 aliphatic heterocycles. The average Bonchev–Trinajstić information content (AvgIpc) is 3.09. The zero-order chi connectivity index (χ0) is 23.4. The summed E-state index contributed by atoms with van der Waals surface area (Å²) in [6, 6.07) is 13.4. The molecule has 1 heterocycles. The highest BCUT2D eigenvalue weighted by molar-refractivity contribution is 5.77. The van der Waals surface area contributed by atoms with E-state index in [4.69, 9.17) is 9.84 Å². The van der Waals surface area contributed by atoms with Crippen molar-refractivity contribution >= 4 is 11.9 Å². The van der Waals surface area contributed by atoms with Crippen molar-refractivity contribution in [3.8, 4) is 5.75 Å². The lowest BCUT2D eigenvalue weighted by Crippen LogP contribution is -2.54. The number of rotatable bonds is 8. The van der Waals surface area contributed by atoms with Crippen molar-refractivity contribution in [3.63, 3.8) is 0 Å². The minimum Gasteiger partial charge on any atom is -0.485 e. The topological polar surface area (TPSA) is 99.1 Å². The number of halogens is 1. The van der Waals surface area contributed by atoms with Crippen molar-refractivity contribution in [2.45, 2.75) is 62.9 Å². The van der Waals surface area contributed by atoms with E-state index in [0.717, 1.165) is 13.0 Å². The summed E-state index contributed by atoms with van der Waals surface area (Å²) in [4.78, 5) is 25.4. The van der Waals surface area contributed by atoms with Gasteiger partial charge in [-0.1, -0.05) is 36.4 Å². The van der Waals surface area contributed by atoms with Crippen LogP contribution in [-0.4, -0.2) is 57.8 Å². The van der Waals surface area contributed by atoms with Gasteiger partial charge in [0.05, 0.1) is 12.1 Å². The fourth-order valence-electron chi connectivity index (χ4n) is 4.87. The summed E-state index contributed by atoms with van der Waals surface area (Å²) in [7, 11) is 0. The summed E-state index contributed by atoms with van der Waals surface area (Å²) in [6.07, 6.45) is -0.208. The van der Waals surface area contributed by atoms with Crippen LogP contribution in [-0.2, 0) is 22.6 Å². The lowest BCUT2D eigenvalue weighted by atomic mass is 9.97. The largest absolute Gasteiger partial charge is 0.485 e. The maximum absolute atomic E-state index is 14.2. The van der Waals surface area contributed by atoms with Crippen molar-refractivity contribution in [1.82, 2.24) is 10.2 Å². The summed E-state index contributed by atoms with van der Waals surface area (Å²) >= 11 is 0. The molecule has 4 atom stereocenters. The Kier molecular flexibility index (Phi) is 7.25. The number of fused-ring (bicyclic) bond motifs is 1. The third-order valence-electron chi connectivity index (χ3n) is 6.47. The Morgan fingerprint density at radius 1 is 1.09 bits per heavy atom. The van der Waals surface area contributed by atoms with Gasteiger partial charge in [0.2, 0.25) is 5.91 Å². The number of carboxylic acids is 1. The quantitative estimate of drug-likeness (QED) is 0.565. The molecule has 3 N–H and O–H groups in total. The van der Waals surface area contributed by atoms with Crippen LogP contribution in [0.2, 0.25) is 0 Å². The van der Waals surface area contributed by atoms with Crippen LogP contribution in [0.3, 0.4) is 0 Å². The monoisotopic (exact) mass is 456 g/mol. The number of aliphatic carboxylic acids is 1. The number of carbonyl (C=O) groups is 2. The second kappa shape index (κ2) is 10.3. The van der Waals surface area contributed by atoms with E-state index in [2.05, 4.69) is 22.3 Å². The van der Waals surface area contributed by atoms with E-state index < -0.39 is 36.1 Å². The molecule has 4 rings (SSSR count). The van der Waals surface area contributed by atoms with Crippen molar-refractivity contribution < 1.29 is 28.9 Å².